The summed E-state index contributed by atoms with van der Waals surface area (Å²) in [6.45, 7) is 2.25. The molecule has 1 N–H and O–H groups in total. The van der Waals surface area contributed by atoms with E-state index in [0.717, 1.165) is 0 Å². The molecule has 4 nitrogen and oxygen atoms in total. The van der Waals surface area contributed by atoms with Gasteiger partial charge in [-0.1, -0.05) is 43.3 Å². The molecule has 1 aromatic carbocycles. The molecule has 4 heteroatoms. The van der Waals surface area contributed by atoms with Crippen molar-refractivity contribution in [2.75, 3.05) is 7.11 Å². The lowest BCUT2D eigenvalue weighted by Gasteiger charge is -1.96. The number of hydrogen-bond acceptors (Lipinski definition) is 3. The smallest absolute Gasteiger partial charge is 0.292 e. The maximum atomic E-state index is 10.6. The molecule has 2 rings (SSSR count). The third-order valence-electron chi connectivity index (χ3n) is 2.03. The minimum absolute atomic E-state index is 0.188. The quantitative estimate of drug-likeness (QED) is 0.837. The molecule has 1 aliphatic carbocycles. The molecule has 1 saturated carbocycles. The van der Waals surface area contributed by atoms with E-state index in [4.69, 9.17) is 4.79 Å². The van der Waals surface area contributed by atoms with Crippen LogP contribution in [0.15, 0.2) is 36.4 Å². The summed E-state index contributed by atoms with van der Waals surface area (Å²) in [7, 11) is 1.31. The Bertz CT molecular complexity index is 283. The average Bonchev–Trinajstić information content (AvgIpc) is 3.25. The molecule has 100 valence electrons. The van der Waals surface area contributed by atoms with Crippen LogP contribution in [0.1, 0.15) is 26.2 Å². The van der Waals surface area contributed by atoms with Gasteiger partial charge in [-0.2, -0.15) is 0 Å². The Balaban J connectivity index is 0.000000257. The molecule has 1 aromatic rings. The van der Waals surface area contributed by atoms with Crippen LogP contribution in [-0.2, 0) is 14.3 Å². The SMILES string of the molecule is CCC(=O)NC1CC1.COC=O.c1ccccc1. The van der Waals surface area contributed by atoms with Crippen molar-refractivity contribution in [2.24, 2.45) is 0 Å². The molecule has 0 saturated heterocycles. The molecule has 0 aliphatic heterocycles. The standard InChI is InChI=1S/C6H11NO.C6H6.C2H4O2/c1-2-6(8)7-5-3-4-5;1-2-4-6-5-3-1;1-4-2-3/h5H,2-4H2,1H3,(H,7,8);1-6H;2H,1H3. The highest BCUT2D eigenvalue weighted by atomic mass is 16.5. The van der Waals surface area contributed by atoms with Crippen molar-refractivity contribution in [3.05, 3.63) is 36.4 Å². The van der Waals surface area contributed by atoms with Gasteiger partial charge in [0.05, 0.1) is 7.11 Å². The zero-order valence-electron chi connectivity index (χ0n) is 11.0. The summed E-state index contributed by atoms with van der Waals surface area (Å²) in [5.74, 6) is 0.188. The monoisotopic (exact) mass is 251 g/mol. The maximum absolute atomic E-state index is 10.6. The maximum Gasteiger partial charge on any atom is 0.292 e. The molecular weight excluding hydrogens is 230 g/mol. The van der Waals surface area contributed by atoms with E-state index >= 15 is 0 Å². The first kappa shape index (κ1) is 16.2. The number of carbonyl (C=O) groups is 2. The highest BCUT2D eigenvalue weighted by Gasteiger charge is 2.21. The van der Waals surface area contributed by atoms with E-state index in [2.05, 4.69) is 10.1 Å². The van der Waals surface area contributed by atoms with Gasteiger partial charge in [0.1, 0.15) is 0 Å². The van der Waals surface area contributed by atoms with Gasteiger partial charge in [-0.3, -0.25) is 9.59 Å². The Morgan fingerprint density at radius 3 is 1.83 bits per heavy atom. The molecule has 0 spiro atoms. The summed E-state index contributed by atoms with van der Waals surface area (Å²) in [6.07, 6.45) is 2.99. The van der Waals surface area contributed by atoms with Gasteiger partial charge >= 0.3 is 0 Å². The normalized spacial score (nSPS) is 11.9. The number of methoxy groups -OCH3 is 1. The van der Waals surface area contributed by atoms with Crippen molar-refractivity contribution in [1.82, 2.24) is 5.32 Å². The molecule has 0 unspecified atom stereocenters. The van der Waals surface area contributed by atoms with E-state index in [9.17, 15) is 4.79 Å². The van der Waals surface area contributed by atoms with E-state index in [1.54, 1.807) is 0 Å². The highest BCUT2D eigenvalue weighted by molar-refractivity contribution is 5.76. The zero-order chi connectivity index (χ0) is 13.6. The molecule has 0 atom stereocenters. The fourth-order valence-corrected chi connectivity index (χ4v) is 0.942. The van der Waals surface area contributed by atoms with Crippen molar-refractivity contribution < 1.29 is 14.3 Å². The summed E-state index contributed by atoms with van der Waals surface area (Å²) in [5.41, 5.74) is 0. The number of nitrogens with one attached hydrogen (secondary N) is 1. The van der Waals surface area contributed by atoms with Crippen LogP contribution in [0.2, 0.25) is 0 Å². The van der Waals surface area contributed by atoms with Crippen LogP contribution in [-0.4, -0.2) is 25.5 Å². The largest absolute Gasteiger partial charge is 0.471 e. The lowest BCUT2D eigenvalue weighted by atomic mass is 10.4. The molecule has 0 bridgehead atoms. The number of rotatable bonds is 3. The first-order valence-electron chi connectivity index (χ1n) is 6.00. The van der Waals surface area contributed by atoms with Gasteiger partial charge in [-0.25, -0.2) is 0 Å². The van der Waals surface area contributed by atoms with Gasteiger partial charge in [-0.15, -0.1) is 0 Å². The molecule has 1 fully saturated rings. The average molecular weight is 251 g/mol. The zero-order valence-corrected chi connectivity index (χ0v) is 11.0. The van der Waals surface area contributed by atoms with E-state index in [1.807, 2.05) is 43.3 Å². The number of hydrogen-bond donors (Lipinski definition) is 1. The molecule has 0 radical (unpaired) electrons. The van der Waals surface area contributed by atoms with E-state index in [1.165, 1.54) is 20.0 Å². The summed E-state index contributed by atoms with van der Waals surface area (Å²) in [6, 6.07) is 12.5. The van der Waals surface area contributed by atoms with Crippen LogP contribution >= 0.6 is 0 Å². The predicted molar refractivity (Wildman–Crippen MR) is 71.0 cm³/mol. The summed E-state index contributed by atoms with van der Waals surface area (Å²) >= 11 is 0. The predicted octanol–water partition coefficient (Wildman–Crippen LogP) is 2.15. The Hall–Kier alpha value is -1.84. The Kier molecular flexibility index (Phi) is 10.4. The fourth-order valence-electron chi connectivity index (χ4n) is 0.942. The van der Waals surface area contributed by atoms with Gasteiger partial charge in [0.15, 0.2) is 0 Å². The summed E-state index contributed by atoms with van der Waals surface area (Å²) < 4.78 is 3.86. The van der Waals surface area contributed by atoms with Crippen molar-refractivity contribution in [3.63, 3.8) is 0 Å². The third kappa shape index (κ3) is 12.2. The van der Waals surface area contributed by atoms with Crippen LogP contribution in [0.4, 0.5) is 0 Å². The van der Waals surface area contributed by atoms with Gasteiger partial charge in [-0.05, 0) is 12.8 Å². The second-order valence-electron chi connectivity index (χ2n) is 3.68. The number of benzene rings is 1. The number of amides is 1. The second kappa shape index (κ2) is 11.6. The molecule has 18 heavy (non-hydrogen) atoms. The topological polar surface area (TPSA) is 55.4 Å². The van der Waals surface area contributed by atoms with Crippen molar-refractivity contribution in [2.45, 2.75) is 32.2 Å². The summed E-state index contributed by atoms with van der Waals surface area (Å²) in [4.78, 5) is 19.5. The van der Waals surface area contributed by atoms with Crippen molar-refractivity contribution in [3.8, 4) is 0 Å². The van der Waals surface area contributed by atoms with Crippen LogP contribution in [0.3, 0.4) is 0 Å². The molecule has 1 amide bonds. The molecule has 1 aliphatic rings. The van der Waals surface area contributed by atoms with Crippen molar-refractivity contribution in [1.29, 1.82) is 0 Å². The first-order chi connectivity index (χ1) is 8.74. The second-order valence-corrected chi connectivity index (χ2v) is 3.68. The van der Waals surface area contributed by atoms with Crippen LogP contribution < -0.4 is 5.32 Å². The lowest BCUT2D eigenvalue weighted by Crippen LogP contribution is -2.23. The lowest BCUT2D eigenvalue weighted by molar-refractivity contribution is -0.126. The van der Waals surface area contributed by atoms with Crippen LogP contribution in [0, 0.1) is 0 Å². The van der Waals surface area contributed by atoms with E-state index in [0.29, 0.717) is 18.9 Å². The van der Waals surface area contributed by atoms with Crippen molar-refractivity contribution >= 4 is 12.4 Å². The Morgan fingerprint density at radius 1 is 1.22 bits per heavy atom. The molecule has 0 aromatic heterocycles. The first-order valence-corrected chi connectivity index (χ1v) is 6.00. The van der Waals surface area contributed by atoms with Gasteiger partial charge in [0.25, 0.3) is 6.47 Å². The fraction of sp³-hybridized carbons (Fsp3) is 0.429. The minimum atomic E-state index is 0.188. The van der Waals surface area contributed by atoms with Crippen LogP contribution in [0.25, 0.3) is 0 Å². The highest BCUT2D eigenvalue weighted by Crippen LogP contribution is 2.18. The summed E-state index contributed by atoms with van der Waals surface area (Å²) in [5, 5.41) is 2.86. The van der Waals surface area contributed by atoms with E-state index in [-0.39, 0.29) is 5.91 Å². The van der Waals surface area contributed by atoms with Gasteiger partial charge in [0, 0.05) is 12.5 Å². The van der Waals surface area contributed by atoms with Gasteiger partial charge < -0.3 is 10.1 Å². The number of carbonyl (C=O) groups excluding carboxylic acids is 2. The minimum Gasteiger partial charge on any atom is -0.471 e. The van der Waals surface area contributed by atoms with E-state index < -0.39 is 0 Å². The molecular formula is C14H21NO3. The van der Waals surface area contributed by atoms with Crippen LogP contribution in [0.5, 0.6) is 0 Å². The third-order valence-corrected chi connectivity index (χ3v) is 2.03. The Morgan fingerprint density at radius 2 is 1.61 bits per heavy atom. The van der Waals surface area contributed by atoms with Gasteiger partial charge in [0.2, 0.25) is 5.91 Å². The Labute approximate surface area is 108 Å². The molecule has 0 heterocycles. The number of ether oxygens (including phenoxy) is 1.